The second-order valence-electron chi connectivity index (χ2n) is 3.54. The summed E-state index contributed by atoms with van der Waals surface area (Å²) in [5, 5.41) is 0. The van der Waals surface area contributed by atoms with Crippen LogP contribution in [0.4, 0.5) is 0 Å². The van der Waals surface area contributed by atoms with Crippen molar-refractivity contribution in [3.05, 3.63) is 11.6 Å². The van der Waals surface area contributed by atoms with Gasteiger partial charge in [-0.05, 0) is 31.9 Å². The maximum Gasteiger partial charge on any atom is 0.222 e. The number of allylic oxidation sites excluding steroid dienone is 2. The Kier molecular flexibility index (Phi) is 2.20. The van der Waals surface area contributed by atoms with Gasteiger partial charge >= 0.3 is 0 Å². The van der Waals surface area contributed by atoms with E-state index in [0.29, 0.717) is 12.0 Å². The molecule has 0 fully saturated rings. The van der Waals surface area contributed by atoms with E-state index in [1.54, 1.807) is 13.8 Å². The molecule has 13 heavy (non-hydrogen) atoms. The fourth-order valence-electron chi connectivity index (χ4n) is 1.46. The lowest BCUT2D eigenvalue weighted by atomic mass is 9.71. The van der Waals surface area contributed by atoms with Crippen LogP contribution in [0.15, 0.2) is 11.6 Å². The van der Waals surface area contributed by atoms with E-state index in [1.807, 2.05) is 0 Å². The zero-order chi connectivity index (χ0) is 10.2. The lowest BCUT2D eigenvalue weighted by Crippen LogP contribution is -2.43. The molecule has 3 heteroatoms. The van der Waals surface area contributed by atoms with Gasteiger partial charge in [0.05, 0.1) is 5.41 Å². The number of ketones is 3. The third-order valence-electron chi connectivity index (χ3n) is 2.64. The monoisotopic (exact) mass is 180 g/mol. The summed E-state index contributed by atoms with van der Waals surface area (Å²) < 4.78 is 0. The molecule has 0 saturated carbocycles. The standard InChI is InChI=1S/C10H12O3/c1-4-10(3)8(12)6(2)5-7(11)9(10)13/h5H,4H2,1-3H3. The third kappa shape index (κ3) is 1.24. The Morgan fingerprint density at radius 3 is 2.23 bits per heavy atom. The van der Waals surface area contributed by atoms with E-state index in [-0.39, 0.29) is 5.78 Å². The molecule has 0 aromatic heterocycles. The number of carbonyl (C=O) groups is 3. The second-order valence-corrected chi connectivity index (χ2v) is 3.54. The van der Waals surface area contributed by atoms with Gasteiger partial charge in [0.1, 0.15) is 0 Å². The van der Waals surface area contributed by atoms with Crippen LogP contribution in [0.25, 0.3) is 0 Å². The van der Waals surface area contributed by atoms with Crippen LogP contribution in [0, 0.1) is 5.41 Å². The van der Waals surface area contributed by atoms with Crippen LogP contribution in [-0.4, -0.2) is 17.3 Å². The molecule has 1 rings (SSSR count). The van der Waals surface area contributed by atoms with Crippen LogP contribution in [0.2, 0.25) is 0 Å². The fourth-order valence-corrected chi connectivity index (χ4v) is 1.46. The highest BCUT2D eigenvalue weighted by atomic mass is 16.2. The zero-order valence-corrected chi connectivity index (χ0v) is 8.01. The molecule has 1 unspecified atom stereocenters. The number of rotatable bonds is 1. The second kappa shape index (κ2) is 2.91. The van der Waals surface area contributed by atoms with Crippen molar-refractivity contribution >= 4 is 17.3 Å². The van der Waals surface area contributed by atoms with Crippen molar-refractivity contribution in [2.24, 2.45) is 5.41 Å². The van der Waals surface area contributed by atoms with E-state index in [2.05, 4.69) is 0 Å². The van der Waals surface area contributed by atoms with Crippen LogP contribution in [0.3, 0.4) is 0 Å². The Bertz CT molecular complexity index is 325. The summed E-state index contributed by atoms with van der Waals surface area (Å²) in [6.45, 7) is 4.84. The Morgan fingerprint density at radius 2 is 1.77 bits per heavy atom. The van der Waals surface area contributed by atoms with Crippen molar-refractivity contribution in [1.82, 2.24) is 0 Å². The molecule has 0 spiro atoms. The molecule has 0 N–H and O–H groups in total. The average molecular weight is 180 g/mol. The summed E-state index contributed by atoms with van der Waals surface area (Å²) >= 11 is 0. The fraction of sp³-hybridized carbons (Fsp3) is 0.500. The first kappa shape index (κ1) is 9.84. The van der Waals surface area contributed by atoms with Gasteiger partial charge in [0, 0.05) is 0 Å². The minimum Gasteiger partial charge on any atom is -0.293 e. The molecule has 1 aliphatic carbocycles. The SMILES string of the molecule is CCC1(C)C(=O)C(=O)C=C(C)C1=O. The minimum atomic E-state index is -1.12. The molecule has 0 aliphatic heterocycles. The largest absolute Gasteiger partial charge is 0.293 e. The van der Waals surface area contributed by atoms with Crippen molar-refractivity contribution < 1.29 is 14.4 Å². The summed E-state index contributed by atoms with van der Waals surface area (Å²) in [5.41, 5.74) is -0.732. The highest BCUT2D eigenvalue weighted by molar-refractivity contribution is 6.50. The maximum atomic E-state index is 11.6. The van der Waals surface area contributed by atoms with Gasteiger partial charge in [-0.3, -0.25) is 14.4 Å². The summed E-state index contributed by atoms with van der Waals surface area (Å²) in [6.07, 6.45) is 1.50. The molecule has 70 valence electrons. The van der Waals surface area contributed by atoms with E-state index in [9.17, 15) is 14.4 Å². The van der Waals surface area contributed by atoms with Gasteiger partial charge in [-0.15, -0.1) is 0 Å². The van der Waals surface area contributed by atoms with E-state index in [0.717, 1.165) is 6.08 Å². The lowest BCUT2D eigenvalue weighted by Gasteiger charge is -2.27. The van der Waals surface area contributed by atoms with Crippen molar-refractivity contribution in [2.45, 2.75) is 27.2 Å². The van der Waals surface area contributed by atoms with Crippen LogP contribution in [0.1, 0.15) is 27.2 Å². The predicted octanol–water partition coefficient (Wildman–Crippen LogP) is 1.07. The Balaban J connectivity index is 3.27. The molecule has 1 aliphatic rings. The summed E-state index contributed by atoms with van der Waals surface area (Å²) in [7, 11) is 0. The quantitative estimate of drug-likeness (QED) is 0.448. The Labute approximate surface area is 76.8 Å². The summed E-state index contributed by atoms with van der Waals surface area (Å²) in [6, 6.07) is 0. The van der Waals surface area contributed by atoms with Crippen LogP contribution in [-0.2, 0) is 14.4 Å². The van der Waals surface area contributed by atoms with Crippen LogP contribution >= 0.6 is 0 Å². The lowest BCUT2D eigenvalue weighted by molar-refractivity contribution is -0.146. The maximum absolute atomic E-state index is 11.6. The Hall–Kier alpha value is -1.25. The van der Waals surface area contributed by atoms with Gasteiger partial charge in [-0.1, -0.05) is 6.92 Å². The Morgan fingerprint density at radius 1 is 1.23 bits per heavy atom. The number of hydrogen-bond donors (Lipinski definition) is 0. The van der Waals surface area contributed by atoms with Crippen molar-refractivity contribution in [3.63, 3.8) is 0 Å². The van der Waals surface area contributed by atoms with Gasteiger partial charge < -0.3 is 0 Å². The number of Topliss-reactive ketones (excluding diaryl/α,β-unsaturated/α-hetero) is 2. The van der Waals surface area contributed by atoms with Crippen molar-refractivity contribution in [3.8, 4) is 0 Å². The topological polar surface area (TPSA) is 51.2 Å². The number of hydrogen-bond acceptors (Lipinski definition) is 3. The summed E-state index contributed by atoms with van der Waals surface area (Å²) in [4.78, 5) is 34.2. The van der Waals surface area contributed by atoms with E-state index in [4.69, 9.17) is 0 Å². The molecule has 0 radical (unpaired) electrons. The van der Waals surface area contributed by atoms with Crippen LogP contribution < -0.4 is 0 Å². The summed E-state index contributed by atoms with van der Waals surface area (Å²) in [5.74, 6) is -1.35. The molecular formula is C10H12O3. The smallest absolute Gasteiger partial charge is 0.222 e. The first-order valence-electron chi connectivity index (χ1n) is 4.25. The first-order chi connectivity index (χ1) is 5.93. The molecular weight excluding hydrogens is 168 g/mol. The molecule has 0 saturated heterocycles. The van der Waals surface area contributed by atoms with E-state index < -0.39 is 17.0 Å². The van der Waals surface area contributed by atoms with Gasteiger partial charge in [0.2, 0.25) is 11.6 Å². The first-order valence-corrected chi connectivity index (χ1v) is 4.25. The minimum absolute atomic E-state index is 0.223. The van der Waals surface area contributed by atoms with E-state index >= 15 is 0 Å². The van der Waals surface area contributed by atoms with Gasteiger partial charge in [0.25, 0.3) is 0 Å². The molecule has 3 nitrogen and oxygen atoms in total. The molecule has 0 bridgehead atoms. The molecule has 0 heterocycles. The average Bonchev–Trinajstić information content (AvgIpc) is 2.12. The van der Waals surface area contributed by atoms with Gasteiger partial charge in [-0.2, -0.15) is 0 Å². The van der Waals surface area contributed by atoms with Crippen LogP contribution in [0.5, 0.6) is 0 Å². The molecule has 0 amide bonds. The molecule has 0 aromatic rings. The third-order valence-corrected chi connectivity index (χ3v) is 2.64. The normalized spacial score (nSPS) is 29.2. The van der Waals surface area contributed by atoms with Gasteiger partial charge in [0.15, 0.2) is 5.78 Å². The highest BCUT2D eigenvalue weighted by Gasteiger charge is 2.45. The van der Waals surface area contributed by atoms with E-state index in [1.165, 1.54) is 6.92 Å². The van der Waals surface area contributed by atoms with Crippen molar-refractivity contribution in [2.75, 3.05) is 0 Å². The molecule has 0 aromatic carbocycles. The number of carbonyl (C=O) groups excluding carboxylic acids is 3. The zero-order valence-electron chi connectivity index (χ0n) is 8.01. The van der Waals surface area contributed by atoms with Crippen molar-refractivity contribution in [1.29, 1.82) is 0 Å². The van der Waals surface area contributed by atoms with Gasteiger partial charge in [-0.25, -0.2) is 0 Å². The predicted molar refractivity (Wildman–Crippen MR) is 47.2 cm³/mol. The highest BCUT2D eigenvalue weighted by Crippen LogP contribution is 2.30. The molecule has 1 atom stereocenters.